The van der Waals surface area contributed by atoms with E-state index in [-0.39, 0.29) is 12.2 Å². The van der Waals surface area contributed by atoms with Crippen molar-refractivity contribution < 1.29 is 14.3 Å². The summed E-state index contributed by atoms with van der Waals surface area (Å²) in [6, 6.07) is 10.1. The number of rotatable bonds is 5. The van der Waals surface area contributed by atoms with Gasteiger partial charge in [0, 0.05) is 22.0 Å². The van der Waals surface area contributed by atoms with Gasteiger partial charge in [0.05, 0.1) is 19.8 Å². The fourth-order valence-corrected chi connectivity index (χ4v) is 2.41. The van der Waals surface area contributed by atoms with Gasteiger partial charge in [-0.05, 0) is 36.4 Å². The molecule has 2 rings (SSSR count). The van der Waals surface area contributed by atoms with E-state index >= 15 is 0 Å². The molecule has 0 spiro atoms. The van der Waals surface area contributed by atoms with Crippen LogP contribution in [-0.2, 0) is 6.42 Å². The summed E-state index contributed by atoms with van der Waals surface area (Å²) in [5, 5.41) is 1.07. The summed E-state index contributed by atoms with van der Waals surface area (Å²) in [6.07, 6.45) is 0.168. The number of benzene rings is 2. The standard InChI is InChI=1S/C16H14Cl2O3/c1-20-15-6-4-11(17)7-10(15)8-14(19)13-5-3-12(18)9-16(13)21-2/h3-7,9H,8H2,1-2H3. The molecule has 0 aliphatic heterocycles. The van der Waals surface area contributed by atoms with Crippen LogP contribution in [0.5, 0.6) is 11.5 Å². The van der Waals surface area contributed by atoms with Crippen LogP contribution in [0.15, 0.2) is 36.4 Å². The van der Waals surface area contributed by atoms with Gasteiger partial charge in [0.2, 0.25) is 0 Å². The van der Waals surface area contributed by atoms with Gasteiger partial charge in [0.15, 0.2) is 5.78 Å². The number of carbonyl (C=O) groups excluding carboxylic acids is 1. The average Bonchev–Trinajstić information content (AvgIpc) is 2.47. The van der Waals surface area contributed by atoms with E-state index in [1.807, 2.05) is 0 Å². The number of carbonyl (C=O) groups is 1. The first-order chi connectivity index (χ1) is 10.0. The summed E-state index contributed by atoms with van der Waals surface area (Å²) >= 11 is 11.9. The summed E-state index contributed by atoms with van der Waals surface area (Å²) in [5.41, 5.74) is 1.20. The maximum absolute atomic E-state index is 12.5. The lowest BCUT2D eigenvalue weighted by atomic mass is 10.0. The first-order valence-electron chi connectivity index (χ1n) is 6.24. The summed E-state index contributed by atoms with van der Waals surface area (Å²) in [6.45, 7) is 0. The van der Waals surface area contributed by atoms with E-state index in [9.17, 15) is 4.79 Å². The van der Waals surface area contributed by atoms with Crippen molar-refractivity contribution in [2.45, 2.75) is 6.42 Å². The molecule has 0 aromatic heterocycles. The molecule has 0 aliphatic rings. The molecule has 0 saturated carbocycles. The van der Waals surface area contributed by atoms with E-state index < -0.39 is 0 Å². The Balaban J connectivity index is 2.32. The van der Waals surface area contributed by atoms with Crippen molar-refractivity contribution in [1.29, 1.82) is 0 Å². The molecule has 2 aromatic rings. The maximum Gasteiger partial charge on any atom is 0.171 e. The summed E-state index contributed by atoms with van der Waals surface area (Å²) < 4.78 is 10.5. The number of methoxy groups -OCH3 is 2. The van der Waals surface area contributed by atoms with Crippen LogP contribution in [0, 0.1) is 0 Å². The Morgan fingerprint density at radius 3 is 2.24 bits per heavy atom. The lowest BCUT2D eigenvalue weighted by Crippen LogP contribution is -2.07. The second-order valence-electron chi connectivity index (χ2n) is 4.40. The molecule has 0 heterocycles. The highest BCUT2D eigenvalue weighted by Crippen LogP contribution is 2.27. The zero-order valence-corrected chi connectivity index (χ0v) is 13.2. The van der Waals surface area contributed by atoms with Gasteiger partial charge in [0.25, 0.3) is 0 Å². The van der Waals surface area contributed by atoms with E-state index in [2.05, 4.69) is 0 Å². The normalized spacial score (nSPS) is 10.3. The molecule has 0 aliphatic carbocycles. The van der Waals surface area contributed by atoms with Crippen LogP contribution in [-0.4, -0.2) is 20.0 Å². The highest BCUT2D eigenvalue weighted by Gasteiger charge is 2.16. The SMILES string of the molecule is COc1ccc(Cl)cc1CC(=O)c1ccc(Cl)cc1OC. The van der Waals surface area contributed by atoms with Crippen molar-refractivity contribution in [2.24, 2.45) is 0 Å². The molecule has 2 aromatic carbocycles. The quantitative estimate of drug-likeness (QED) is 0.763. The van der Waals surface area contributed by atoms with Gasteiger partial charge in [-0.2, -0.15) is 0 Å². The minimum atomic E-state index is -0.0934. The zero-order chi connectivity index (χ0) is 15.4. The van der Waals surface area contributed by atoms with Gasteiger partial charge in [-0.3, -0.25) is 4.79 Å². The van der Waals surface area contributed by atoms with Crippen LogP contribution in [0.25, 0.3) is 0 Å². The molecule has 21 heavy (non-hydrogen) atoms. The summed E-state index contributed by atoms with van der Waals surface area (Å²) in [7, 11) is 3.06. The molecule has 0 unspecified atom stereocenters. The Morgan fingerprint density at radius 2 is 1.57 bits per heavy atom. The van der Waals surface area contributed by atoms with Crippen LogP contribution in [0.3, 0.4) is 0 Å². The van der Waals surface area contributed by atoms with Crippen molar-refractivity contribution in [3.63, 3.8) is 0 Å². The molecule has 0 bridgehead atoms. The zero-order valence-electron chi connectivity index (χ0n) is 11.7. The molecular weight excluding hydrogens is 311 g/mol. The van der Waals surface area contributed by atoms with Crippen molar-refractivity contribution >= 4 is 29.0 Å². The second kappa shape index (κ2) is 6.83. The van der Waals surface area contributed by atoms with E-state index in [0.29, 0.717) is 27.1 Å². The lowest BCUT2D eigenvalue weighted by molar-refractivity contribution is 0.0989. The molecule has 110 valence electrons. The van der Waals surface area contributed by atoms with Gasteiger partial charge in [-0.1, -0.05) is 23.2 Å². The minimum absolute atomic E-state index is 0.0934. The fourth-order valence-electron chi connectivity index (χ4n) is 2.05. The highest BCUT2D eigenvalue weighted by atomic mass is 35.5. The number of hydrogen-bond donors (Lipinski definition) is 0. The van der Waals surface area contributed by atoms with Crippen molar-refractivity contribution in [3.05, 3.63) is 57.6 Å². The van der Waals surface area contributed by atoms with Gasteiger partial charge >= 0.3 is 0 Å². The van der Waals surface area contributed by atoms with Crippen molar-refractivity contribution in [2.75, 3.05) is 14.2 Å². The third kappa shape index (κ3) is 3.69. The summed E-state index contributed by atoms with van der Waals surface area (Å²) in [5.74, 6) is 0.984. The Morgan fingerprint density at radius 1 is 0.952 bits per heavy atom. The first kappa shape index (κ1) is 15.7. The van der Waals surface area contributed by atoms with Crippen LogP contribution >= 0.6 is 23.2 Å². The van der Waals surface area contributed by atoms with Crippen molar-refractivity contribution in [1.82, 2.24) is 0 Å². The lowest BCUT2D eigenvalue weighted by Gasteiger charge is -2.11. The van der Waals surface area contributed by atoms with Gasteiger partial charge in [0.1, 0.15) is 11.5 Å². The molecule has 0 amide bonds. The van der Waals surface area contributed by atoms with E-state index in [1.54, 1.807) is 43.5 Å². The Labute approximate surface area is 133 Å². The Bertz CT molecular complexity index is 669. The first-order valence-corrected chi connectivity index (χ1v) is 7.00. The summed E-state index contributed by atoms with van der Waals surface area (Å²) in [4.78, 5) is 12.5. The molecule has 0 atom stereocenters. The predicted octanol–water partition coefficient (Wildman–Crippen LogP) is 4.44. The van der Waals surface area contributed by atoms with E-state index in [1.165, 1.54) is 7.11 Å². The van der Waals surface area contributed by atoms with Crippen LogP contribution in [0.4, 0.5) is 0 Å². The predicted molar refractivity (Wildman–Crippen MR) is 84.0 cm³/mol. The topological polar surface area (TPSA) is 35.5 Å². The molecular formula is C16H14Cl2O3. The third-order valence-electron chi connectivity index (χ3n) is 3.06. The van der Waals surface area contributed by atoms with Gasteiger partial charge < -0.3 is 9.47 Å². The average molecular weight is 325 g/mol. The Kier molecular flexibility index (Phi) is 5.10. The molecule has 0 radical (unpaired) electrons. The number of ether oxygens (including phenoxy) is 2. The van der Waals surface area contributed by atoms with Crippen LogP contribution < -0.4 is 9.47 Å². The third-order valence-corrected chi connectivity index (χ3v) is 3.53. The van der Waals surface area contributed by atoms with E-state index in [4.69, 9.17) is 32.7 Å². The number of ketones is 1. The largest absolute Gasteiger partial charge is 0.496 e. The molecule has 0 saturated heterocycles. The second-order valence-corrected chi connectivity index (χ2v) is 5.27. The van der Waals surface area contributed by atoms with Crippen LogP contribution in [0.2, 0.25) is 10.0 Å². The number of Topliss-reactive ketones (excluding diaryl/α,β-unsaturated/α-hetero) is 1. The van der Waals surface area contributed by atoms with E-state index in [0.717, 1.165) is 5.56 Å². The van der Waals surface area contributed by atoms with Crippen molar-refractivity contribution in [3.8, 4) is 11.5 Å². The number of hydrogen-bond acceptors (Lipinski definition) is 3. The van der Waals surface area contributed by atoms with Crippen LogP contribution in [0.1, 0.15) is 15.9 Å². The maximum atomic E-state index is 12.5. The highest BCUT2D eigenvalue weighted by molar-refractivity contribution is 6.31. The van der Waals surface area contributed by atoms with Gasteiger partial charge in [-0.25, -0.2) is 0 Å². The molecule has 0 N–H and O–H groups in total. The monoisotopic (exact) mass is 324 g/mol. The van der Waals surface area contributed by atoms with Gasteiger partial charge in [-0.15, -0.1) is 0 Å². The fraction of sp³-hybridized carbons (Fsp3) is 0.188. The Hall–Kier alpha value is -1.71. The number of halogens is 2. The minimum Gasteiger partial charge on any atom is -0.496 e. The molecule has 5 heteroatoms. The smallest absolute Gasteiger partial charge is 0.171 e. The molecule has 0 fully saturated rings. The molecule has 3 nitrogen and oxygen atoms in total.